The maximum atomic E-state index is 11.6. The highest BCUT2D eigenvalue weighted by atomic mass is 19.1. The molecule has 72 valence electrons. The Kier molecular flexibility index (Phi) is 4.96. The standard InChI is InChI=1S/C7H13FO4/c1-4(9)5(10)2-6(11)7(12)3-8/h4-6,9-11H,2-3H2,1H3/t4-,5+,6+/m1/s1. The summed E-state index contributed by atoms with van der Waals surface area (Å²) in [5, 5.41) is 26.6. The van der Waals surface area contributed by atoms with Crippen molar-refractivity contribution in [2.45, 2.75) is 31.7 Å². The number of aliphatic hydroxyl groups excluding tert-OH is 3. The van der Waals surface area contributed by atoms with E-state index in [0.29, 0.717) is 0 Å². The van der Waals surface area contributed by atoms with Crippen LogP contribution in [-0.4, -0.2) is 46.1 Å². The third-order valence-corrected chi connectivity index (χ3v) is 1.52. The molecule has 0 amide bonds. The molecule has 0 rings (SSSR count). The number of Topliss-reactive ketones (excluding diaryl/α,β-unsaturated/α-hetero) is 1. The molecule has 0 aliphatic carbocycles. The van der Waals surface area contributed by atoms with Gasteiger partial charge in [0, 0.05) is 6.42 Å². The molecule has 0 aliphatic heterocycles. The second-order valence-electron chi connectivity index (χ2n) is 2.66. The minimum atomic E-state index is -1.53. The van der Waals surface area contributed by atoms with E-state index in [4.69, 9.17) is 15.3 Å². The lowest BCUT2D eigenvalue weighted by Crippen LogP contribution is -2.32. The van der Waals surface area contributed by atoms with Crippen LogP contribution in [0.15, 0.2) is 0 Å². The Labute approximate surface area is 69.6 Å². The fourth-order valence-electron chi connectivity index (χ4n) is 0.646. The molecule has 4 nitrogen and oxygen atoms in total. The number of hydrogen-bond acceptors (Lipinski definition) is 4. The number of alkyl halides is 1. The molecule has 0 radical (unpaired) electrons. The molecule has 12 heavy (non-hydrogen) atoms. The van der Waals surface area contributed by atoms with Crippen molar-refractivity contribution in [3.05, 3.63) is 0 Å². The first-order valence-electron chi connectivity index (χ1n) is 3.62. The van der Waals surface area contributed by atoms with Crippen molar-refractivity contribution in [2.75, 3.05) is 6.67 Å². The number of carbonyl (C=O) groups excluding carboxylic acids is 1. The van der Waals surface area contributed by atoms with Crippen LogP contribution < -0.4 is 0 Å². The third-order valence-electron chi connectivity index (χ3n) is 1.52. The van der Waals surface area contributed by atoms with Gasteiger partial charge in [0.2, 0.25) is 0 Å². The van der Waals surface area contributed by atoms with Gasteiger partial charge in [-0.3, -0.25) is 4.79 Å². The first kappa shape index (κ1) is 11.5. The molecule has 5 heteroatoms. The van der Waals surface area contributed by atoms with Gasteiger partial charge in [0.05, 0.1) is 12.2 Å². The number of ketones is 1. The number of rotatable bonds is 5. The summed E-state index contributed by atoms with van der Waals surface area (Å²) in [5.41, 5.74) is 0. The number of hydrogen-bond donors (Lipinski definition) is 3. The number of aliphatic hydroxyl groups is 3. The van der Waals surface area contributed by atoms with Gasteiger partial charge in [-0.1, -0.05) is 0 Å². The summed E-state index contributed by atoms with van der Waals surface area (Å²) < 4.78 is 11.6. The zero-order valence-corrected chi connectivity index (χ0v) is 6.77. The predicted molar refractivity (Wildman–Crippen MR) is 39.3 cm³/mol. The van der Waals surface area contributed by atoms with Gasteiger partial charge in [-0.25, -0.2) is 4.39 Å². The molecule has 0 aromatic heterocycles. The van der Waals surface area contributed by atoms with Crippen LogP contribution in [0, 0.1) is 0 Å². The molecular weight excluding hydrogens is 167 g/mol. The highest BCUT2D eigenvalue weighted by Gasteiger charge is 2.21. The van der Waals surface area contributed by atoms with Gasteiger partial charge in [0.1, 0.15) is 6.10 Å². The van der Waals surface area contributed by atoms with E-state index in [1.807, 2.05) is 0 Å². The normalized spacial score (nSPS) is 18.4. The van der Waals surface area contributed by atoms with Gasteiger partial charge in [-0.2, -0.15) is 0 Å². The molecule has 3 atom stereocenters. The van der Waals surface area contributed by atoms with E-state index in [-0.39, 0.29) is 6.42 Å². The van der Waals surface area contributed by atoms with E-state index in [2.05, 4.69) is 0 Å². The summed E-state index contributed by atoms with van der Waals surface area (Å²) in [5.74, 6) is -0.977. The van der Waals surface area contributed by atoms with Crippen LogP contribution in [0.5, 0.6) is 0 Å². The fourth-order valence-corrected chi connectivity index (χ4v) is 0.646. The highest BCUT2D eigenvalue weighted by molar-refractivity contribution is 5.83. The van der Waals surface area contributed by atoms with Crippen molar-refractivity contribution >= 4 is 5.78 Å². The van der Waals surface area contributed by atoms with Crippen LogP contribution in [0.1, 0.15) is 13.3 Å². The van der Waals surface area contributed by atoms with Crippen LogP contribution in [-0.2, 0) is 4.79 Å². The van der Waals surface area contributed by atoms with Crippen LogP contribution in [0.2, 0.25) is 0 Å². The Morgan fingerprint density at radius 1 is 1.42 bits per heavy atom. The Hall–Kier alpha value is -0.520. The van der Waals surface area contributed by atoms with Crippen molar-refractivity contribution in [3.63, 3.8) is 0 Å². The summed E-state index contributed by atoms with van der Waals surface area (Å²) in [6.45, 7) is 0.0605. The summed E-state index contributed by atoms with van der Waals surface area (Å²) in [4.78, 5) is 10.5. The SMILES string of the molecule is C[C@@H](O)[C@@H](O)C[C@H](O)C(=O)CF. The third kappa shape index (κ3) is 3.75. The average Bonchev–Trinajstić information content (AvgIpc) is 2.02. The molecule has 0 aromatic carbocycles. The van der Waals surface area contributed by atoms with Crippen LogP contribution in [0.25, 0.3) is 0 Å². The topological polar surface area (TPSA) is 77.8 Å². The quantitative estimate of drug-likeness (QED) is 0.508. The molecule has 0 bridgehead atoms. The minimum absolute atomic E-state index is 0.333. The van der Waals surface area contributed by atoms with E-state index in [9.17, 15) is 9.18 Å². The van der Waals surface area contributed by atoms with Gasteiger partial charge in [0.15, 0.2) is 12.5 Å². The molecule has 3 N–H and O–H groups in total. The maximum absolute atomic E-state index is 11.6. The van der Waals surface area contributed by atoms with Crippen molar-refractivity contribution in [3.8, 4) is 0 Å². The van der Waals surface area contributed by atoms with Gasteiger partial charge in [0.25, 0.3) is 0 Å². The summed E-state index contributed by atoms with van der Waals surface area (Å²) in [6, 6.07) is 0. The zero-order chi connectivity index (χ0) is 9.72. The van der Waals surface area contributed by atoms with Crippen molar-refractivity contribution in [1.82, 2.24) is 0 Å². The Morgan fingerprint density at radius 3 is 2.25 bits per heavy atom. The molecule has 0 fully saturated rings. The molecule has 0 aromatic rings. The van der Waals surface area contributed by atoms with Crippen LogP contribution in [0.4, 0.5) is 4.39 Å². The fraction of sp³-hybridized carbons (Fsp3) is 0.857. The summed E-state index contributed by atoms with van der Waals surface area (Å²) >= 11 is 0. The Bertz CT molecular complexity index is 148. The molecule has 0 aliphatic rings. The van der Waals surface area contributed by atoms with E-state index < -0.39 is 30.8 Å². The molecular formula is C7H13FO4. The molecule has 0 saturated heterocycles. The molecule has 0 heterocycles. The van der Waals surface area contributed by atoms with E-state index >= 15 is 0 Å². The maximum Gasteiger partial charge on any atom is 0.192 e. The lowest BCUT2D eigenvalue weighted by molar-refractivity contribution is -0.130. The van der Waals surface area contributed by atoms with Gasteiger partial charge in [-0.05, 0) is 6.92 Å². The Morgan fingerprint density at radius 2 is 1.92 bits per heavy atom. The lowest BCUT2D eigenvalue weighted by Gasteiger charge is -2.15. The number of carbonyl (C=O) groups is 1. The smallest absolute Gasteiger partial charge is 0.192 e. The van der Waals surface area contributed by atoms with Crippen LogP contribution >= 0.6 is 0 Å². The van der Waals surface area contributed by atoms with Crippen molar-refractivity contribution in [2.24, 2.45) is 0 Å². The van der Waals surface area contributed by atoms with E-state index in [0.717, 1.165) is 0 Å². The van der Waals surface area contributed by atoms with Gasteiger partial charge in [-0.15, -0.1) is 0 Å². The van der Waals surface area contributed by atoms with Gasteiger partial charge < -0.3 is 15.3 Å². The predicted octanol–water partition coefficient (Wildman–Crippen LogP) is -0.982. The lowest BCUT2D eigenvalue weighted by atomic mass is 10.1. The molecule has 0 unspecified atom stereocenters. The second kappa shape index (κ2) is 5.18. The molecule has 0 spiro atoms. The van der Waals surface area contributed by atoms with E-state index in [1.54, 1.807) is 0 Å². The average molecular weight is 180 g/mol. The monoisotopic (exact) mass is 180 g/mol. The van der Waals surface area contributed by atoms with Crippen molar-refractivity contribution < 1.29 is 24.5 Å². The van der Waals surface area contributed by atoms with E-state index in [1.165, 1.54) is 6.92 Å². The first-order valence-corrected chi connectivity index (χ1v) is 3.62. The van der Waals surface area contributed by atoms with Gasteiger partial charge >= 0.3 is 0 Å². The number of halogens is 1. The summed E-state index contributed by atoms with van der Waals surface area (Å²) in [6.07, 6.45) is -4.09. The van der Waals surface area contributed by atoms with Crippen molar-refractivity contribution in [1.29, 1.82) is 0 Å². The largest absolute Gasteiger partial charge is 0.391 e. The van der Waals surface area contributed by atoms with Crippen LogP contribution in [0.3, 0.4) is 0 Å². The first-order chi connectivity index (χ1) is 5.49. The highest BCUT2D eigenvalue weighted by Crippen LogP contribution is 2.03. The Balaban J connectivity index is 3.83. The second-order valence-corrected chi connectivity index (χ2v) is 2.66. The minimum Gasteiger partial charge on any atom is -0.391 e. The molecule has 0 saturated carbocycles. The summed E-state index contributed by atoms with van der Waals surface area (Å²) in [7, 11) is 0. The zero-order valence-electron chi connectivity index (χ0n) is 6.77.